The van der Waals surface area contributed by atoms with Crippen molar-refractivity contribution >= 4 is 40.4 Å². The number of anilines is 2. The number of carbonyl (C=O) groups excluding carboxylic acids is 3. The first-order chi connectivity index (χ1) is 16.4. The summed E-state index contributed by atoms with van der Waals surface area (Å²) in [5.41, 5.74) is 2.66. The van der Waals surface area contributed by atoms with E-state index in [4.69, 9.17) is 0 Å². The second-order valence-corrected chi connectivity index (χ2v) is 9.28. The zero-order valence-electron chi connectivity index (χ0n) is 19.6. The highest BCUT2D eigenvalue weighted by Crippen LogP contribution is 2.16. The zero-order valence-corrected chi connectivity index (χ0v) is 20.4. The van der Waals surface area contributed by atoms with E-state index in [1.807, 2.05) is 49.6 Å². The molecular formula is C27H31N3O3S. The van der Waals surface area contributed by atoms with E-state index in [1.165, 1.54) is 4.88 Å². The second-order valence-electron chi connectivity index (χ2n) is 8.24. The fourth-order valence-electron chi connectivity index (χ4n) is 3.33. The maximum atomic E-state index is 12.7. The quantitative estimate of drug-likeness (QED) is 0.335. The van der Waals surface area contributed by atoms with Crippen LogP contribution in [0.25, 0.3) is 0 Å². The molecule has 6 nitrogen and oxygen atoms in total. The Bertz CT molecular complexity index is 1110. The van der Waals surface area contributed by atoms with Crippen LogP contribution >= 0.6 is 11.3 Å². The number of rotatable bonds is 11. The maximum absolute atomic E-state index is 12.7. The average Bonchev–Trinajstić information content (AvgIpc) is 3.36. The average molecular weight is 478 g/mol. The van der Waals surface area contributed by atoms with Crippen molar-refractivity contribution in [2.75, 3.05) is 10.6 Å². The van der Waals surface area contributed by atoms with Gasteiger partial charge in [-0.1, -0.05) is 38.1 Å². The number of carbonyl (C=O) groups is 3. The van der Waals surface area contributed by atoms with Gasteiger partial charge in [-0.05, 0) is 66.6 Å². The predicted molar refractivity (Wildman–Crippen MR) is 138 cm³/mol. The molecule has 34 heavy (non-hydrogen) atoms. The largest absolute Gasteiger partial charge is 0.348 e. The van der Waals surface area contributed by atoms with Crippen LogP contribution in [0.1, 0.15) is 53.9 Å². The van der Waals surface area contributed by atoms with Crippen LogP contribution in [0.2, 0.25) is 0 Å². The Labute approximate surface area is 204 Å². The Balaban J connectivity index is 1.49. The van der Waals surface area contributed by atoms with Crippen LogP contribution in [-0.2, 0) is 22.6 Å². The molecule has 7 heteroatoms. The number of aryl methyl sites for hydroxylation is 1. The van der Waals surface area contributed by atoms with Crippen LogP contribution in [0, 0.1) is 5.92 Å². The standard InChI is InChI=1S/C27H31N3O3S/c1-3-19(2)26(32)30-22-10-4-8-20(16-22)18-28-27(33)21-9-5-11-23(17-21)29-25(31)14-6-12-24-13-7-15-34-24/h4-5,7-11,13,15-17,19H,3,6,12,14,18H2,1-2H3,(H,28,33)(H,29,31)(H,30,32). The van der Waals surface area contributed by atoms with Crippen molar-refractivity contribution in [3.05, 3.63) is 82.0 Å². The van der Waals surface area contributed by atoms with Gasteiger partial charge in [0, 0.05) is 40.7 Å². The summed E-state index contributed by atoms with van der Waals surface area (Å²) in [4.78, 5) is 38.3. The lowest BCUT2D eigenvalue weighted by Crippen LogP contribution is -2.23. The molecule has 0 spiro atoms. The van der Waals surface area contributed by atoms with Crippen molar-refractivity contribution in [3.63, 3.8) is 0 Å². The van der Waals surface area contributed by atoms with E-state index in [0.29, 0.717) is 29.9 Å². The lowest BCUT2D eigenvalue weighted by Gasteiger charge is -2.12. The minimum Gasteiger partial charge on any atom is -0.348 e. The molecule has 3 N–H and O–H groups in total. The molecule has 0 saturated heterocycles. The molecule has 1 unspecified atom stereocenters. The van der Waals surface area contributed by atoms with Crippen molar-refractivity contribution in [3.8, 4) is 0 Å². The predicted octanol–water partition coefficient (Wildman–Crippen LogP) is 5.62. The van der Waals surface area contributed by atoms with E-state index in [0.717, 1.165) is 24.8 Å². The smallest absolute Gasteiger partial charge is 0.251 e. The van der Waals surface area contributed by atoms with Gasteiger partial charge in [0.05, 0.1) is 0 Å². The van der Waals surface area contributed by atoms with Crippen molar-refractivity contribution in [2.24, 2.45) is 5.92 Å². The van der Waals surface area contributed by atoms with Crippen molar-refractivity contribution in [1.82, 2.24) is 5.32 Å². The molecular weight excluding hydrogens is 446 g/mol. The molecule has 0 aliphatic carbocycles. The van der Waals surface area contributed by atoms with Gasteiger partial charge in [0.25, 0.3) is 5.91 Å². The molecule has 1 atom stereocenters. The molecule has 0 radical (unpaired) electrons. The van der Waals surface area contributed by atoms with Gasteiger partial charge in [-0.25, -0.2) is 0 Å². The van der Waals surface area contributed by atoms with Gasteiger partial charge in [-0.3, -0.25) is 14.4 Å². The van der Waals surface area contributed by atoms with Crippen molar-refractivity contribution < 1.29 is 14.4 Å². The summed E-state index contributed by atoms with van der Waals surface area (Å²) >= 11 is 1.70. The van der Waals surface area contributed by atoms with Crippen molar-refractivity contribution in [2.45, 2.75) is 46.1 Å². The zero-order chi connectivity index (χ0) is 24.3. The highest BCUT2D eigenvalue weighted by molar-refractivity contribution is 7.09. The van der Waals surface area contributed by atoms with E-state index >= 15 is 0 Å². The summed E-state index contributed by atoms with van der Waals surface area (Å²) in [6, 6.07) is 18.4. The molecule has 0 bridgehead atoms. The first-order valence-corrected chi connectivity index (χ1v) is 12.4. The topological polar surface area (TPSA) is 87.3 Å². The van der Waals surface area contributed by atoms with E-state index in [-0.39, 0.29) is 23.6 Å². The first-order valence-electron chi connectivity index (χ1n) is 11.5. The Morgan fingerprint density at radius 2 is 1.71 bits per heavy atom. The van der Waals surface area contributed by atoms with Gasteiger partial charge < -0.3 is 16.0 Å². The highest BCUT2D eigenvalue weighted by Gasteiger charge is 2.11. The molecule has 2 aromatic carbocycles. The van der Waals surface area contributed by atoms with Gasteiger partial charge in [0.15, 0.2) is 0 Å². The lowest BCUT2D eigenvalue weighted by molar-refractivity contribution is -0.119. The SMILES string of the molecule is CCC(C)C(=O)Nc1cccc(CNC(=O)c2cccc(NC(=O)CCCc3cccs3)c2)c1. The number of thiophene rings is 1. The van der Waals surface area contributed by atoms with Crippen LogP contribution in [-0.4, -0.2) is 17.7 Å². The van der Waals surface area contributed by atoms with E-state index in [9.17, 15) is 14.4 Å². The monoisotopic (exact) mass is 477 g/mol. The molecule has 0 aliphatic rings. The molecule has 3 rings (SSSR count). The summed E-state index contributed by atoms with van der Waals surface area (Å²) in [7, 11) is 0. The molecule has 1 aromatic heterocycles. The van der Waals surface area contributed by atoms with E-state index in [1.54, 1.807) is 35.6 Å². The normalized spacial score (nSPS) is 11.5. The summed E-state index contributed by atoms with van der Waals surface area (Å²) in [5.74, 6) is -0.376. The van der Waals surface area contributed by atoms with E-state index in [2.05, 4.69) is 22.0 Å². The van der Waals surface area contributed by atoms with Crippen LogP contribution < -0.4 is 16.0 Å². The Hall–Kier alpha value is -3.45. The fraction of sp³-hybridized carbons (Fsp3) is 0.296. The molecule has 1 heterocycles. The minimum absolute atomic E-state index is 0.0194. The Morgan fingerprint density at radius 3 is 2.44 bits per heavy atom. The van der Waals surface area contributed by atoms with Crippen LogP contribution in [0.5, 0.6) is 0 Å². The summed E-state index contributed by atoms with van der Waals surface area (Å²) in [5, 5.41) is 10.7. The summed E-state index contributed by atoms with van der Waals surface area (Å²) in [6.07, 6.45) is 2.87. The van der Waals surface area contributed by atoms with Crippen molar-refractivity contribution in [1.29, 1.82) is 0 Å². The Kier molecular flexibility index (Phi) is 9.40. The van der Waals surface area contributed by atoms with Gasteiger partial charge in [-0.15, -0.1) is 11.3 Å². The molecule has 3 amide bonds. The van der Waals surface area contributed by atoms with Gasteiger partial charge >= 0.3 is 0 Å². The van der Waals surface area contributed by atoms with Gasteiger partial charge in [0.1, 0.15) is 0 Å². The maximum Gasteiger partial charge on any atom is 0.251 e. The number of hydrogen-bond donors (Lipinski definition) is 3. The van der Waals surface area contributed by atoms with Crippen LogP contribution in [0.15, 0.2) is 66.0 Å². The number of amides is 3. The first kappa shape index (κ1) is 25.2. The molecule has 0 fully saturated rings. The molecule has 3 aromatic rings. The van der Waals surface area contributed by atoms with Crippen LogP contribution in [0.4, 0.5) is 11.4 Å². The molecule has 0 aliphatic heterocycles. The Morgan fingerprint density at radius 1 is 0.941 bits per heavy atom. The van der Waals surface area contributed by atoms with E-state index < -0.39 is 0 Å². The molecule has 178 valence electrons. The minimum atomic E-state index is -0.233. The second kappa shape index (κ2) is 12.7. The summed E-state index contributed by atoms with van der Waals surface area (Å²) < 4.78 is 0. The highest BCUT2D eigenvalue weighted by atomic mass is 32.1. The third kappa shape index (κ3) is 7.85. The van der Waals surface area contributed by atoms with Gasteiger partial charge in [-0.2, -0.15) is 0 Å². The van der Waals surface area contributed by atoms with Crippen LogP contribution in [0.3, 0.4) is 0 Å². The lowest BCUT2D eigenvalue weighted by atomic mass is 10.1. The number of hydrogen-bond acceptors (Lipinski definition) is 4. The third-order valence-corrected chi connectivity index (χ3v) is 6.46. The van der Waals surface area contributed by atoms with Gasteiger partial charge in [0.2, 0.25) is 11.8 Å². The number of nitrogens with one attached hydrogen (secondary N) is 3. The molecule has 0 saturated carbocycles. The fourth-order valence-corrected chi connectivity index (χ4v) is 4.09. The summed E-state index contributed by atoms with van der Waals surface area (Å²) in [6.45, 7) is 4.19. The number of benzene rings is 2. The third-order valence-electron chi connectivity index (χ3n) is 5.52.